The van der Waals surface area contributed by atoms with Crippen molar-refractivity contribution in [3.8, 4) is 11.5 Å². The van der Waals surface area contributed by atoms with Crippen LogP contribution in [0.1, 0.15) is 11.1 Å². The Balaban J connectivity index is 0.000000263. The molecule has 0 aliphatic rings. The van der Waals surface area contributed by atoms with E-state index in [4.69, 9.17) is 9.84 Å². The Morgan fingerprint density at radius 3 is 1.69 bits per heavy atom. The van der Waals surface area contributed by atoms with Gasteiger partial charge in [-0.3, -0.25) is 9.59 Å². The minimum Gasteiger partial charge on any atom is -0.508 e. The predicted octanol–water partition coefficient (Wildman–Crippen LogP) is 3.03. The van der Waals surface area contributed by atoms with Gasteiger partial charge in [0.25, 0.3) is 0 Å². The monoisotopic (exact) mass is 358 g/mol. The first-order chi connectivity index (χ1) is 12.5. The van der Waals surface area contributed by atoms with E-state index < -0.39 is 0 Å². The molecule has 2 aromatic rings. The number of carbonyl (C=O) groups excluding carboxylic acids is 2. The molecule has 138 valence electrons. The summed E-state index contributed by atoms with van der Waals surface area (Å²) in [5, 5.41) is 8.93. The molecule has 6 heteroatoms. The second-order valence-corrected chi connectivity index (χ2v) is 5.10. The molecule has 0 aliphatic carbocycles. The van der Waals surface area contributed by atoms with Gasteiger partial charge in [0.15, 0.2) is 0 Å². The van der Waals surface area contributed by atoms with Gasteiger partial charge < -0.3 is 19.3 Å². The van der Waals surface area contributed by atoms with Gasteiger partial charge in [-0.15, -0.1) is 0 Å². The summed E-state index contributed by atoms with van der Waals surface area (Å²) >= 11 is 0. The molecule has 0 aliphatic heterocycles. The summed E-state index contributed by atoms with van der Waals surface area (Å²) in [6.07, 6.45) is 1.89. The average Bonchev–Trinajstić information content (AvgIpc) is 2.65. The number of phenolic OH excluding ortho intramolecular Hbond substituents is 1. The number of carbonyl (C=O) groups is 2. The fourth-order valence-corrected chi connectivity index (χ4v) is 1.87. The zero-order valence-electron chi connectivity index (χ0n) is 14.8. The molecule has 0 heterocycles. The minimum atomic E-state index is -0.277. The molecular weight excluding hydrogens is 336 g/mol. The molecule has 0 spiro atoms. The van der Waals surface area contributed by atoms with Crippen LogP contribution in [-0.2, 0) is 31.9 Å². The van der Waals surface area contributed by atoms with Gasteiger partial charge in [0, 0.05) is 0 Å². The van der Waals surface area contributed by atoms with Crippen molar-refractivity contribution >= 4 is 11.9 Å². The van der Waals surface area contributed by atoms with Crippen LogP contribution in [0.5, 0.6) is 11.5 Å². The van der Waals surface area contributed by atoms with Gasteiger partial charge in [-0.2, -0.15) is 0 Å². The molecule has 0 unspecified atom stereocenters. The Hall–Kier alpha value is -3.28. The van der Waals surface area contributed by atoms with E-state index >= 15 is 0 Å². The smallest absolute Gasteiger partial charge is 0.309 e. The Labute approximate surface area is 152 Å². The average molecular weight is 358 g/mol. The minimum absolute atomic E-state index is 0.198. The van der Waals surface area contributed by atoms with E-state index in [2.05, 4.69) is 16.1 Å². The second-order valence-electron chi connectivity index (χ2n) is 5.10. The van der Waals surface area contributed by atoms with Crippen molar-refractivity contribution in [3.63, 3.8) is 0 Å². The molecule has 26 heavy (non-hydrogen) atoms. The lowest BCUT2D eigenvalue weighted by Gasteiger charge is -2.02. The molecule has 2 rings (SSSR count). The number of esters is 2. The highest BCUT2D eigenvalue weighted by Gasteiger charge is 2.02. The summed E-state index contributed by atoms with van der Waals surface area (Å²) in [6, 6.07) is 13.6. The molecule has 0 amide bonds. The maximum absolute atomic E-state index is 10.9. The van der Waals surface area contributed by atoms with Gasteiger partial charge in [-0.05, 0) is 35.4 Å². The quantitative estimate of drug-likeness (QED) is 0.631. The van der Waals surface area contributed by atoms with Crippen molar-refractivity contribution in [3.05, 3.63) is 72.5 Å². The summed E-state index contributed by atoms with van der Waals surface area (Å²) in [7, 11) is 2.72. The second kappa shape index (κ2) is 11.3. The van der Waals surface area contributed by atoms with Crippen LogP contribution in [0.2, 0.25) is 0 Å². The number of benzene rings is 2. The van der Waals surface area contributed by atoms with Crippen LogP contribution in [0.4, 0.5) is 0 Å². The molecule has 6 nitrogen and oxygen atoms in total. The Morgan fingerprint density at radius 1 is 0.885 bits per heavy atom. The number of aromatic hydroxyl groups is 1. The molecular formula is C20H22O6. The van der Waals surface area contributed by atoms with Crippen LogP contribution in [0.15, 0.2) is 61.4 Å². The predicted molar refractivity (Wildman–Crippen MR) is 96.8 cm³/mol. The van der Waals surface area contributed by atoms with E-state index in [0.717, 1.165) is 11.1 Å². The first-order valence-corrected chi connectivity index (χ1v) is 7.76. The summed E-state index contributed by atoms with van der Waals surface area (Å²) in [5.74, 6) is 0.375. The van der Waals surface area contributed by atoms with E-state index in [-0.39, 0.29) is 30.5 Å². The van der Waals surface area contributed by atoms with E-state index in [1.54, 1.807) is 24.3 Å². The molecule has 0 fully saturated rings. The largest absolute Gasteiger partial charge is 0.508 e. The van der Waals surface area contributed by atoms with Crippen LogP contribution < -0.4 is 4.74 Å². The van der Waals surface area contributed by atoms with Crippen LogP contribution in [-0.4, -0.2) is 31.3 Å². The van der Waals surface area contributed by atoms with Gasteiger partial charge in [-0.25, -0.2) is 0 Å². The summed E-state index contributed by atoms with van der Waals surface area (Å²) < 4.78 is 14.1. The third kappa shape index (κ3) is 8.01. The maximum Gasteiger partial charge on any atom is 0.309 e. The van der Waals surface area contributed by atoms with Crippen LogP contribution in [0, 0.1) is 0 Å². The molecule has 0 aromatic heterocycles. The van der Waals surface area contributed by atoms with Crippen molar-refractivity contribution in [1.29, 1.82) is 0 Å². The number of hydrogen-bond acceptors (Lipinski definition) is 6. The number of methoxy groups -OCH3 is 2. The lowest BCUT2D eigenvalue weighted by atomic mass is 10.1. The molecule has 0 atom stereocenters. The Bertz CT molecular complexity index is 704. The molecule has 0 radical (unpaired) electrons. The fraction of sp³-hybridized carbons (Fsp3) is 0.200. The van der Waals surface area contributed by atoms with E-state index in [9.17, 15) is 9.59 Å². The van der Waals surface area contributed by atoms with Crippen LogP contribution in [0.25, 0.3) is 0 Å². The van der Waals surface area contributed by atoms with Crippen molar-refractivity contribution in [2.24, 2.45) is 0 Å². The van der Waals surface area contributed by atoms with E-state index in [1.807, 2.05) is 12.1 Å². The fourth-order valence-electron chi connectivity index (χ4n) is 1.87. The highest BCUT2D eigenvalue weighted by atomic mass is 16.5. The molecule has 0 saturated heterocycles. The topological polar surface area (TPSA) is 82.1 Å². The first-order valence-electron chi connectivity index (χ1n) is 7.76. The van der Waals surface area contributed by atoms with Gasteiger partial charge in [0.05, 0.1) is 33.3 Å². The first kappa shape index (κ1) is 20.8. The normalized spacial score (nSPS) is 9.31. The zero-order valence-corrected chi connectivity index (χ0v) is 14.8. The standard InChI is InChI=1S/C11H12O3.C9H10O3/c1-3-14-10-6-4-9(5-7-10)8-11(12)13-2;1-12-9(11)6-7-2-4-8(10)5-3-7/h3-7H,1,8H2,2H3;2-5,10H,6H2,1H3. The Morgan fingerprint density at radius 2 is 1.31 bits per heavy atom. The van der Waals surface area contributed by atoms with Gasteiger partial charge in [0.2, 0.25) is 0 Å². The van der Waals surface area contributed by atoms with Crippen LogP contribution in [0.3, 0.4) is 0 Å². The van der Waals surface area contributed by atoms with E-state index in [1.165, 1.54) is 32.6 Å². The lowest BCUT2D eigenvalue weighted by molar-refractivity contribution is -0.140. The molecule has 0 saturated carbocycles. The molecule has 2 aromatic carbocycles. The van der Waals surface area contributed by atoms with Gasteiger partial charge in [0.1, 0.15) is 11.5 Å². The highest BCUT2D eigenvalue weighted by molar-refractivity contribution is 5.72. The maximum atomic E-state index is 10.9. The van der Waals surface area contributed by atoms with Crippen molar-refractivity contribution in [1.82, 2.24) is 0 Å². The van der Waals surface area contributed by atoms with Gasteiger partial charge in [-0.1, -0.05) is 30.8 Å². The highest BCUT2D eigenvalue weighted by Crippen LogP contribution is 2.13. The van der Waals surface area contributed by atoms with Crippen molar-refractivity contribution in [2.45, 2.75) is 12.8 Å². The van der Waals surface area contributed by atoms with Crippen LogP contribution >= 0.6 is 0 Å². The summed E-state index contributed by atoms with van der Waals surface area (Å²) in [4.78, 5) is 21.7. The van der Waals surface area contributed by atoms with E-state index in [0.29, 0.717) is 5.75 Å². The van der Waals surface area contributed by atoms with Crippen molar-refractivity contribution in [2.75, 3.05) is 14.2 Å². The number of phenols is 1. The number of ether oxygens (including phenoxy) is 3. The molecule has 0 bridgehead atoms. The number of rotatable bonds is 6. The lowest BCUT2D eigenvalue weighted by Crippen LogP contribution is -2.03. The third-order valence-corrected chi connectivity index (χ3v) is 3.23. The number of hydrogen-bond donors (Lipinski definition) is 1. The van der Waals surface area contributed by atoms with Crippen molar-refractivity contribution < 1.29 is 28.9 Å². The Kier molecular flexibility index (Phi) is 9.03. The zero-order chi connectivity index (χ0) is 19.4. The van der Waals surface area contributed by atoms with Gasteiger partial charge >= 0.3 is 11.9 Å². The SMILES string of the molecule is C=COc1ccc(CC(=O)OC)cc1.COC(=O)Cc1ccc(O)cc1. The summed E-state index contributed by atoms with van der Waals surface area (Å²) in [5.41, 5.74) is 1.73. The summed E-state index contributed by atoms with van der Waals surface area (Å²) in [6.45, 7) is 3.44. The molecule has 1 N–H and O–H groups in total. The third-order valence-electron chi connectivity index (χ3n) is 3.23.